The van der Waals surface area contributed by atoms with E-state index in [1.54, 1.807) is 6.92 Å². The molecule has 0 radical (unpaired) electrons. The molecular weight excluding hydrogens is 237 g/mol. The summed E-state index contributed by atoms with van der Waals surface area (Å²) in [6.07, 6.45) is 8.15. The van der Waals surface area contributed by atoms with Crippen LogP contribution >= 0.6 is 11.8 Å². The minimum atomic E-state index is -0.320. The van der Waals surface area contributed by atoms with Crippen LogP contribution in [0.5, 0.6) is 0 Å². The molecule has 1 aromatic heterocycles. The van der Waals surface area contributed by atoms with Crippen molar-refractivity contribution >= 4 is 17.6 Å². The first-order chi connectivity index (χ1) is 8.20. The summed E-state index contributed by atoms with van der Waals surface area (Å²) in [4.78, 5) is 7.80. The van der Waals surface area contributed by atoms with Crippen molar-refractivity contribution in [2.45, 2.75) is 43.9 Å². The summed E-state index contributed by atoms with van der Waals surface area (Å²) >= 11 is 1.93. The number of hydrogen-bond acceptors (Lipinski definition) is 4. The quantitative estimate of drug-likeness (QED) is 0.901. The molecule has 1 N–H and O–H groups in total. The molecule has 1 heterocycles. The Balaban J connectivity index is 1.95. The van der Waals surface area contributed by atoms with Crippen molar-refractivity contribution in [2.24, 2.45) is 0 Å². The molecule has 0 saturated heterocycles. The third-order valence-corrected chi connectivity index (χ3v) is 4.45. The van der Waals surface area contributed by atoms with Gasteiger partial charge >= 0.3 is 0 Å². The van der Waals surface area contributed by atoms with Gasteiger partial charge in [-0.1, -0.05) is 0 Å². The van der Waals surface area contributed by atoms with Gasteiger partial charge in [0.15, 0.2) is 11.6 Å². The molecule has 1 aliphatic rings. The van der Waals surface area contributed by atoms with Crippen molar-refractivity contribution in [3.63, 3.8) is 0 Å². The lowest BCUT2D eigenvalue weighted by Gasteiger charge is -2.28. The summed E-state index contributed by atoms with van der Waals surface area (Å²) in [6, 6.07) is 0.349. The first kappa shape index (κ1) is 12.6. The van der Waals surface area contributed by atoms with Gasteiger partial charge in [0.25, 0.3) is 0 Å². The van der Waals surface area contributed by atoms with Crippen molar-refractivity contribution in [1.82, 2.24) is 9.97 Å². The highest BCUT2D eigenvalue weighted by Crippen LogP contribution is 2.28. The van der Waals surface area contributed by atoms with E-state index in [0.717, 1.165) is 18.1 Å². The molecule has 0 amide bonds. The predicted molar refractivity (Wildman–Crippen MR) is 69.9 cm³/mol. The highest BCUT2D eigenvalue weighted by atomic mass is 32.2. The van der Waals surface area contributed by atoms with E-state index in [4.69, 9.17) is 0 Å². The van der Waals surface area contributed by atoms with E-state index in [-0.39, 0.29) is 5.82 Å². The SMILES string of the molecule is CSC1CCC(Nc2ncnc(C)c2F)CC1. The van der Waals surface area contributed by atoms with Crippen molar-refractivity contribution < 1.29 is 4.39 Å². The van der Waals surface area contributed by atoms with Gasteiger partial charge in [0.1, 0.15) is 6.33 Å². The first-order valence-corrected chi connectivity index (χ1v) is 7.26. The molecule has 0 spiro atoms. The number of aromatic nitrogens is 2. The largest absolute Gasteiger partial charge is 0.365 e. The number of hydrogen-bond donors (Lipinski definition) is 1. The molecule has 5 heteroatoms. The highest BCUT2D eigenvalue weighted by molar-refractivity contribution is 7.99. The van der Waals surface area contributed by atoms with Crippen LogP contribution in [0.2, 0.25) is 0 Å². The van der Waals surface area contributed by atoms with Crippen molar-refractivity contribution in [1.29, 1.82) is 0 Å². The summed E-state index contributed by atoms with van der Waals surface area (Å²) in [5.41, 5.74) is 0.403. The van der Waals surface area contributed by atoms with Crippen LogP contribution in [0.1, 0.15) is 31.4 Å². The summed E-state index contributed by atoms with van der Waals surface area (Å²) in [5.74, 6) is 0.0320. The second-order valence-corrected chi connectivity index (χ2v) is 5.61. The van der Waals surface area contributed by atoms with E-state index >= 15 is 0 Å². The van der Waals surface area contributed by atoms with Crippen LogP contribution in [-0.4, -0.2) is 27.5 Å². The Labute approximate surface area is 106 Å². The molecule has 3 nitrogen and oxygen atoms in total. The lowest BCUT2D eigenvalue weighted by atomic mass is 9.95. The second-order valence-electron chi connectivity index (χ2n) is 4.48. The molecule has 1 fully saturated rings. The van der Waals surface area contributed by atoms with E-state index < -0.39 is 0 Å². The number of aryl methyl sites for hydroxylation is 1. The summed E-state index contributed by atoms with van der Waals surface area (Å²) in [7, 11) is 0. The van der Waals surface area contributed by atoms with Crippen LogP contribution in [-0.2, 0) is 0 Å². The number of nitrogens with one attached hydrogen (secondary N) is 1. The van der Waals surface area contributed by atoms with Crippen LogP contribution in [0, 0.1) is 12.7 Å². The van der Waals surface area contributed by atoms with Crippen LogP contribution in [0.3, 0.4) is 0 Å². The van der Waals surface area contributed by atoms with E-state index in [9.17, 15) is 4.39 Å². The third-order valence-electron chi connectivity index (χ3n) is 3.31. The van der Waals surface area contributed by atoms with Crippen LogP contribution in [0.4, 0.5) is 10.2 Å². The monoisotopic (exact) mass is 255 g/mol. The van der Waals surface area contributed by atoms with Crippen molar-refractivity contribution in [3.05, 3.63) is 17.8 Å². The van der Waals surface area contributed by atoms with Gasteiger partial charge in [-0.15, -0.1) is 0 Å². The van der Waals surface area contributed by atoms with Crippen LogP contribution < -0.4 is 5.32 Å². The molecule has 0 aromatic carbocycles. The smallest absolute Gasteiger partial charge is 0.186 e. The van der Waals surface area contributed by atoms with Crippen molar-refractivity contribution in [3.8, 4) is 0 Å². The summed E-state index contributed by atoms with van der Waals surface area (Å²) < 4.78 is 13.7. The van der Waals surface area contributed by atoms with E-state index in [1.165, 1.54) is 19.2 Å². The van der Waals surface area contributed by atoms with Gasteiger partial charge in [-0.3, -0.25) is 0 Å². The number of halogens is 1. The fourth-order valence-corrected chi connectivity index (χ4v) is 2.94. The molecule has 17 heavy (non-hydrogen) atoms. The molecule has 2 rings (SSSR count). The normalized spacial score (nSPS) is 24.6. The maximum absolute atomic E-state index is 13.7. The Bertz CT molecular complexity index is 378. The fourth-order valence-electron chi connectivity index (χ4n) is 2.19. The van der Waals surface area contributed by atoms with Gasteiger partial charge in [0, 0.05) is 11.3 Å². The van der Waals surface area contributed by atoms with Gasteiger partial charge in [-0.2, -0.15) is 11.8 Å². The topological polar surface area (TPSA) is 37.8 Å². The van der Waals surface area contributed by atoms with Gasteiger partial charge in [-0.05, 0) is 38.9 Å². The van der Waals surface area contributed by atoms with E-state index in [0.29, 0.717) is 17.6 Å². The number of thioether (sulfide) groups is 1. The molecule has 94 valence electrons. The third kappa shape index (κ3) is 3.09. The maximum atomic E-state index is 13.7. The zero-order valence-electron chi connectivity index (χ0n) is 10.2. The number of rotatable bonds is 3. The minimum Gasteiger partial charge on any atom is -0.365 e. The average Bonchev–Trinajstić information content (AvgIpc) is 2.36. The molecule has 0 unspecified atom stereocenters. The Hall–Kier alpha value is -0.840. The molecule has 0 aliphatic heterocycles. The molecule has 0 bridgehead atoms. The highest BCUT2D eigenvalue weighted by Gasteiger charge is 2.21. The lowest BCUT2D eigenvalue weighted by molar-refractivity contribution is 0.469. The van der Waals surface area contributed by atoms with E-state index in [1.807, 2.05) is 11.8 Å². The lowest BCUT2D eigenvalue weighted by Crippen LogP contribution is -2.28. The molecule has 1 aliphatic carbocycles. The van der Waals surface area contributed by atoms with Crippen LogP contribution in [0.15, 0.2) is 6.33 Å². The molecular formula is C12H18FN3S. The zero-order chi connectivity index (χ0) is 12.3. The Morgan fingerprint density at radius 2 is 2.00 bits per heavy atom. The summed E-state index contributed by atoms with van der Waals surface area (Å²) in [6.45, 7) is 1.66. The Kier molecular flexibility index (Phi) is 4.20. The number of nitrogens with zero attached hydrogens (tertiary/aromatic N) is 2. The van der Waals surface area contributed by atoms with Crippen LogP contribution in [0.25, 0.3) is 0 Å². The maximum Gasteiger partial charge on any atom is 0.186 e. The average molecular weight is 255 g/mol. The summed E-state index contributed by atoms with van der Waals surface area (Å²) in [5, 5.41) is 3.97. The van der Waals surface area contributed by atoms with Crippen molar-refractivity contribution in [2.75, 3.05) is 11.6 Å². The van der Waals surface area contributed by atoms with Gasteiger partial charge in [0.05, 0.1) is 5.69 Å². The molecule has 1 saturated carbocycles. The molecule has 0 atom stereocenters. The number of anilines is 1. The fraction of sp³-hybridized carbons (Fsp3) is 0.667. The molecule has 1 aromatic rings. The van der Waals surface area contributed by atoms with Gasteiger partial charge in [0.2, 0.25) is 0 Å². The zero-order valence-corrected chi connectivity index (χ0v) is 11.1. The van der Waals surface area contributed by atoms with Gasteiger partial charge < -0.3 is 5.32 Å². The van der Waals surface area contributed by atoms with E-state index in [2.05, 4.69) is 21.5 Å². The second kappa shape index (κ2) is 5.67. The predicted octanol–water partition coefficient (Wildman–Crippen LogP) is 3.01. The van der Waals surface area contributed by atoms with Gasteiger partial charge in [-0.25, -0.2) is 14.4 Å². The standard InChI is InChI=1S/C12H18FN3S/c1-8-11(13)12(15-7-14-8)16-9-3-5-10(17-2)6-4-9/h7,9-10H,3-6H2,1-2H3,(H,14,15,16). The minimum absolute atomic E-state index is 0.320. The Morgan fingerprint density at radius 3 is 2.65 bits per heavy atom. The first-order valence-electron chi connectivity index (χ1n) is 5.97. The Morgan fingerprint density at radius 1 is 1.29 bits per heavy atom.